The molecule has 0 aliphatic carbocycles. The summed E-state index contributed by atoms with van der Waals surface area (Å²) < 4.78 is 63.3. The molecule has 6 rings (SSSR count). The van der Waals surface area contributed by atoms with Crippen molar-refractivity contribution in [2.45, 2.75) is 65.1 Å². The summed E-state index contributed by atoms with van der Waals surface area (Å²) >= 11 is 0. The van der Waals surface area contributed by atoms with Crippen LogP contribution in [0.3, 0.4) is 0 Å². The number of benzene rings is 1. The third kappa shape index (κ3) is 5.39. The van der Waals surface area contributed by atoms with E-state index in [-0.39, 0.29) is 58.7 Å². The van der Waals surface area contributed by atoms with E-state index >= 15 is 4.39 Å². The van der Waals surface area contributed by atoms with Gasteiger partial charge in [-0.1, -0.05) is 13.8 Å². The number of nitrogens with two attached hydrogens (primary N) is 1. The number of hydrogen-bond acceptors (Lipinski definition) is 7. The van der Waals surface area contributed by atoms with Crippen LogP contribution in [0.25, 0.3) is 16.8 Å². The molecule has 0 unspecified atom stereocenters. The quantitative estimate of drug-likeness (QED) is 0.248. The highest BCUT2D eigenvalue weighted by Gasteiger charge is 2.48. The summed E-state index contributed by atoms with van der Waals surface area (Å²) in [6, 6.07) is 3.88. The first-order valence-corrected chi connectivity index (χ1v) is 15.0. The third-order valence-corrected chi connectivity index (χ3v) is 8.73. The van der Waals surface area contributed by atoms with Crippen LogP contribution in [-0.2, 0) is 11.0 Å². The molecule has 14 heteroatoms. The molecule has 0 bridgehead atoms. The molecule has 10 nitrogen and oxygen atoms in total. The van der Waals surface area contributed by atoms with E-state index in [2.05, 4.69) is 15.3 Å². The first kappa shape index (κ1) is 31.2. The van der Waals surface area contributed by atoms with Crippen LogP contribution in [0.15, 0.2) is 36.7 Å². The number of nitrogen functional groups attached to an aromatic ring is 1. The number of nitrogens with zero attached hydrogens (tertiary/aromatic N) is 5. The molecular weight excluding hydrogens is 606 g/mol. The van der Waals surface area contributed by atoms with E-state index in [4.69, 9.17) is 15.5 Å². The van der Waals surface area contributed by atoms with Gasteiger partial charge in [-0.15, -0.1) is 0 Å². The molecular formula is C32H33F4N7O3. The number of nitrogens with one attached hydrogen (secondary N) is 1. The van der Waals surface area contributed by atoms with Crippen LogP contribution in [0.5, 0.6) is 5.75 Å². The van der Waals surface area contributed by atoms with Crippen molar-refractivity contribution in [3.63, 3.8) is 0 Å². The minimum absolute atomic E-state index is 0.0164. The lowest BCUT2D eigenvalue weighted by Crippen LogP contribution is -2.42. The van der Waals surface area contributed by atoms with E-state index in [9.17, 15) is 22.8 Å². The predicted molar refractivity (Wildman–Crippen MR) is 162 cm³/mol. The lowest BCUT2D eigenvalue weighted by molar-refractivity contribution is -0.138. The number of piperidine rings is 1. The van der Waals surface area contributed by atoms with Gasteiger partial charge < -0.3 is 20.7 Å². The molecule has 3 aromatic heterocycles. The number of hydrogen-bond donors (Lipinski definition) is 2. The van der Waals surface area contributed by atoms with Crippen molar-refractivity contribution >= 4 is 29.0 Å². The summed E-state index contributed by atoms with van der Waals surface area (Å²) in [5.74, 6) is -1.48. The van der Waals surface area contributed by atoms with Crippen LogP contribution in [0, 0.1) is 18.2 Å². The van der Waals surface area contributed by atoms with Gasteiger partial charge in [0.25, 0.3) is 5.91 Å². The minimum atomic E-state index is -4.64. The lowest BCUT2D eigenvalue weighted by atomic mass is 9.87. The molecule has 1 aromatic carbocycles. The smallest absolute Gasteiger partial charge is 0.416 e. The Morgan fingerprint density at radius 1 is 1.20 bits per heavy atom. The first-order valence-electron chi connectivity index (χ1n) is 15.0. The fourth-order valence-corrected chi connectivity index (χ4v) is 6.60. The number of anilines is 2. The number of amides is 2. The highest BCUT2D eigenvalue weighted by atomic mass is 19.4. The van der Waals surface area contributed by atoms with Gasteiger partial charge in [0.05, 0.1) is 17.7 Å². The van der Waals surface area contributed by atoms with E-state index in [1.54, 1.807) is 13.1 Å². The van der Waals surface area contributed by atoms with Gasteiger partial charge in [0, 0.05) is 47.6 Å². The molecule has 3 N–H and O–H groups in total. The van der Waals surface area contributed by atoms with Crippen LogP contribution in [0.1, 0.15) is 73.4 Å². The number of ether oxygens (including phenoxy) is 1. The van der Waals surface area contributed by atoms with Gasteiger partial charge >= 0.3 is 6.18 Å². The maximum atomic E-state index is 16.2. The van der Waals surface area contributed by atoms with Gasteiger partial charge in [-0.25, -0.2) is 19.3 Å². The molecule has 46 heavy (non-hydrogen) atoms. The number of carbonyl (C=O) groups excluding carboxylic acids is 2. The van der Waals surface area contributed by atoms with Gasteiger partial charge in [0.15, 0.2) is 0 Å². The predicted octanol–water partition coefficient (Wildman–Crippen LogP) is 6.00. The van der Waals surface area contributed by atoms with Crippen molar-refractivity contribution in [1.82, 2.24) is 24.3 Å². The van der Waals surface area contributed by atoms with Crippen molar-refractivity contribution < 1.29 is 31.9 Å². The Morgan fingerprint density at radius 2 is 1.96 bits per heavy atom. The average molecular weight is 640 g/mol. The Balaban J connectivity index is 1.42. The fraction of sp³-hybridized carbons (Fsp3) is 0.406. The maximum Gasteiger partial charge on any atom is 0.416 e. The molecule has 5 heterocycles. The summed E-state index contributed by atoms with van der Waals surface area (Å²) in [6.07, 6.45) is 0.222. The molecule has 2 aliphatic rings. The van der Waals surface area contributed by atoms with Gasteiger partial charge in [-0.05, 0) is 57.4 Å². The Labute approximate surface area is 262 Å². The van der Waals surface area contributed by atoms with Crippen LogP contribution in [0.2, 0.25) is 0 Å². The van der Waals surface area contributed by atoms with Crippen LogP contribution < -0.4 is 15.8 Å². The molecule has 4 aromatic rings. The van der Waals surface area contributed by atoms with Crippen LogP contribution >= 0.6 is 0 Å². The van der Waals surface area contributed by atoms with Gasteiger partial charge in [-0.2, -0.15) is 13.2 Å². The molecule has 2 aliphatic heterocycles. The molecule has 242 valence electrons. The number of carbonyl (C=O) groups is 2. The normalized spacial score (nSPS) is 19.4. The summed E-state index contributed by atoms with van der Waals surface area (Å²) in [4.78, 5) is 41.2. The molecule has 2 amide bonds. The summed E-state index contributed by atoms with van der Waals surface area (Å²) in [5.41, 5.74) is 5.91. The number of aromatic nitrogens is 4. The molecule has 0 spiro atoms. The van der Waals surface area contributed by atoms with Crippen molar-refractivity contribution in [3.8, 4) is 17.0 Å². The average Bonchev–Trinajstić information content (AvgIpc) is 3.50. The van der Waals surface area contributed by atoms with Crippen molar-refractivity contribution in [2.75, 3.05) is 24.2 Å². The molecule has 0 saturated carbocycles. The minimum Gasteiger partial charge on any atom is -0.493 e. The molecule has 2 fully saturated rings. The van der Waals surface area contributed by atoms with E-state index in [0.29, 0.717) is 29.6 Å². The van der Waals surface area contributed by atoms with E-state index < -0.39 is 28.9 Å². The lowest BCUT2D eigenvalue weighted by Gasteiger charge is -2.34. The largest absolute Gasteiger partial charge is 0.493 e. The Morgan fingerprint density at radius 3 is 2.67 bits per heavy atom. The summed E-state index contributed by atoms with van der Waals surface area (Å²) in [5, 5.41) is 2.29. The summed E-state index contributed by atoms with van der Waals surface area (Å²) in [6.45, 7) is 8.00. The van der Waals surface area contributed by atoms with Crippen LogP contribution in [0.4, 0.5) is 29.2 Å². The zero-order valence-corrected chi connectivity index (χ0v) is 25.7. The third-order valence-electron chi connectivity index (χ3n) is 8.73. The van der Waals surface area contributed by atoms with Gasteiger partial charge in [0.1, 0.15) is 40.2 Å². The number of rotatable bonds is 6. The molecule has 2 saturated heterocycles. The second-order valence-electron chi connectivity index (χ2n) is 12.4. The molecule has 0 radical (unpaired) electrons. The van der Waals surface area contributed by atoms with Gasteiger partial charge in [0.2, 0.25) is 5.91 Å². The number of fused-ring (bicyclic) bond motifs is 2. The number of imidazole rings is 1. The second kappa shape index (κ2) is 11.2. The first-order chi connectivity index (χ1) is 21.7. The maximum absolute atomic E-state index is 16.2. The Bertz CT molecular complexity index is 1870. The Kier molecular flexibility index (Phi) is 7.64. The standard InChI is InChI=1S/C32H33F4N7O3/c1-5-46-22-11-18(29(44)40-23-12-19(8-9-38-23)32(34,35)36)10-21(33)24(22)25-26-27(37)39-14-16(2)43(26)28(41-25)17-6-7-20-13-31(3,4)30(45)42(20)15-17/h8-12,14,17,20H,5-7,13,15H2,1-4H3,(H2,37,39)(H,38,40,44)/t17-,20+/m1/s1. The molecule has 2 atom stereocenters. The van der Waals surface area contributed by atoms with E-state index in [0.717, 1.165) is 37.6 Å². The highest BCUT2D eigenvalue weighted by molar-refractivity contribution is 6.05. The summed E-state index contributed by atoms with van der Waals surface area (Å²) in [7, 11) is 0. The monoisotopic (exact) mass is 639 g/mol. The fourth-order valence-electron chi connectivity index (χ4n) is 6.60. The SMILES string of the molecule is CCOc1cc(C(=O)Nc2cc(C(F)(F)F)ccn2)cc(F)c1-c1nc([C@@H]2CC[C@H]3CC(C)(C)C(=O)N3C2)n2c(C)cnc(N)c12. The number of aryl methyl sites for hydroxylation is 1. The van der Waals surface area contributed by atoms with E-state index in [1.165, 1.54) is 6.07 Å². The zero-order valence-electron chi connectivity index (χ0n) is 25.7. The zero-order chi connectivity index (χ0) is 33.1. The van der Waals surface area contributed by atoms with Crippen LogP contribution in [-0.4, -0.2) is 55.3 Å². The number of pyridine rings is 1. The van der Waals surface area contributed by atoms with Crippen molar-refractivity contribution in [3.05, 3.63) is 65.1 Å². The topological polar surface area (TPSA) is 128 Å². The number of alkyl halides is 3. The van der Waals surface area contributed by atoms with Gasteiger partial charge in [-0.3, -0.25) is 14.0 Å². The second-order valence-corrected chi connectivity index (χ2v) is 12.4. The van der Waals surface area contributed by atoms with Crippen molar-refractivity contribution in [1.29, 1.82) is 0 Å². The van der Waals surface area contributed by atoms with E-state index in [1.807, 2.05) is 30.1 Å². The highest BCUT2D eigenvalue weighted by Crippen LogP contribution is 2.45. The number of halogens is 4. The van der Waals surface area contributed by atoms with Crippen molar-refractivity contribution in [2.24, 2.45) is 5.41 Å². The Hall–Kier alpha value is -4.75.